The first-order valence-corrected chi connectivity index (χ1v) is 6.95. The molecule has 1 amide bonds. The topological polar surface area (TPSA) is 72.3 Å². The number of hydrogen-bond donors (Lipinski definition) is 2. The first-order valence-electron chi connectivity index (χ1n) is 6.95. The van der Waals surface area contributed by atoms with Gasteiger partial charge >= 0.3 is 0 Å². The summed E-state index contributed by atoms with van der Waals surface area (Å²) in [4.78, 5) is 13.8. The number of nitrogens with two attached hydrogens (primary N) is 2. The average Bonchev–Trinajstić information content (AvgIpc) is 3.15. The van der Waals surface area contributed by atoms with Crippen molar-refractivity contribution in [2.45, 2.75) is 39.2 Å². The molecule has 0 bridgehead atoms. The van der Waals surface area contributed by atoms with E-state index >= 15 is 0 Å². The molecule has 104 valence electrons. The van der Waals surface area contributed by atoms with Gasteiger partial charge in [0, 0.05) is 24.0 Å². The second kappa shape index (κ2) is 5.51. The van der Waals surface area contributed by atoms with Crippen LogP contribution in [0.1, 0.15) is 43.5 Å². The largest absolute Gasteiger partial charge is 0.398 e. The zero-order chi connectivity index (χ0) is 14.0. The summed E-state index contributed by atoms with van der Waals surface area (Å²) in [6.07, 6.45) is 3.61. The maximum atomic E-state index is 11.4. The van der Waals surface area contributed by atoms with E-state index in [2.05, 4.69) is 18.7 Å². The molecular formula is C15H23N3O. The lowest BCUT2D eigenvalue weighted by atomic mass is 10.1. The Labute approximate surface area is 114 Å². The van der Waals surface area contributed by atoms with E-state index in [0.717, 1.165) is 18.7 Å². The van der Waals surface area contributed by atoms with Crippen molar-refractivity contribution in [3.05, 3.63) is 23.8 Å². The van der Waals surface area contributed by atoms with Crippen molar-refractivity contribution < 1.29 is 4.79 Å². The lowest BCUT2D eigenvalue weighted by Gasteiger charge is -2.26. The summed E-state index contributed by atoms with van der Waals surface area (Å²) in [5, 5.41) is 0. The molecular weight excluding hydrogens is 238 g/mol. The summed E-state index contributed by atoms with van der Waals surface area (Å²) in [6.45, 7) is 5.47. The van der Waals surface area contributed by atoms with Gasteiger partial charge in [0.2, 0.25) is 0 Å². The molecule has 0 atom stereocenters. The minimum absolute atomic E-state index is 0.424. The van der Waals surface area contributed by atoms with Crippen LogP contribution in [-0.4, -0.2) is 18.5 Å². The van der Waals surface area contributed by atoms with Gasteiger partial charge in [-0.1, -0.05) is 13.8 Å². The van der Waals surface area contributed by atoms with Crippen LogP contribution in [0.5, 0.6) is 0 Å². The molecule has 2 rings (SSSR count). The van der Waals surface area contributed by atoms with Crippen LogP contribution in [0.4, 0.5) is 11.4 Å². The number of anilines is 2. The van der Waals surface area contributed by atoms with Crippen molar-refractivity contribution in [2.24, 2.45) is 11.7 Å². The van der Waals surface area contributed by atoms with Gasteiger partial charge in [-0.05, 0) is 43.4 Å². The molecule has 0 spiro atoms. The molecule has 0 unspecified atom stereocenters. The van der Waals surface area contributed by atoms with E-state index in [9.17, 15) is 4.79 Å². The fourth-order valence-electron chi connectivity index (χ4n) is 2.24. The molecule has 0 aliphatic heterocycles. The summed E-state index contributed by atoms with van der Waals surface area (Å²) in [7, 11) is 0. The van der Waals surface area contributed by atoms with Gasteiger partial charge in [-0.15, -0.1) is 0 Å². The van der Waals surface area contributed by atoms with E-state index in [1.54, 1.807) is 6.07 Å². The maximum absolute atomic E-state index is 11.4. The SMILES string of the molecule is CC(C)CCN(c1ccc(N)c(C(N)=O)c1)C1CC1. The number of nitrogens with zero attached hydrogens (tertiary/aromatic N) is 1. The van der Waals surface area contributed by atoms with Crippen molar-refractivity contribution in [3.63, 3.8) is 0 Å². The van der Waals surface area contributed by atoms with Crippen molar-refractivity contribution >= 4 is 17.3 Å². The minimum Gasteiger partial charge on any atom is -0.398 e. The highest BCUT2D eigenvalue weighted by Gasteiger charge is 2.29. The van der Waals surface area contributed by atoms with Gasteiger partial charge in [-0.2, -0.15) is 0 Å². The zero-order valence-corrected chi connectivity index (χ0v) is 11.7. The third kappa shape index (κ3) is 3.40. The molecule has 4 heteroatoms. The van der Waals surface area contributed by atoms with E-state index in [4.69, 9.17) is 11.5 Å². The molecule has 1 aromatic carbocycles. The third-order valence-electron chi connectivity index (χ3n) is 3.57. The predicted octanol–water partition coefficient (Wildman–Crippen LogP) is 2.38. The normalized spacial score (nSPS) is 14.7. The molecule has 0 saturated heterocycles. The van der Waals surface area contributed by atoms with Crippen LogP contribution in [0.25, 0.3) is 0 Å². The maximum Gasteiger partial charge on any atom is 0.250 e. The number of primary amides is 1. The number of nitrogen functional groups attached to an aromatic ring is 1. The number of amides is 1. The molecule has 0 radical (unpaired) electrons. The summed E-state index contributed by atoms with van der Waals surface area (Å²) in [6, 6.07) is 6.21. The Balaban J connectivity index is 2.21. The smallest absolute Gasteiger partial charge is 0.250 e. The first kappa shape index (κ1) is 13.7. The van der Waals surface area contributed by atoms with E-state index < -0.39 is 5.91 Å². The molecule has 0 heterocycles. The Morgan fingerprint density at radius 1 is 1.42 bits per heavy atom. The first-order chi connectivity index (χ1) is 8.99. The summed E-state index contributed by atoms with van der Waals surface area (Å²) in [5.41, 5.74) is 13.1. The summed E-state index contributed by atoms with van der Waals surface area (Å²) >= 11 is 0. The Morgan fingerprint density at radius 2 is 2.11 bits per heavy atom. The summed E-state index contributed by atoms with van der Waals surface area (Å²) in [5.74, 6) is 0.213. The second-order valence-electron chi connectivity index (χ2n) is 5.74. The number of carbonyl (C=O) groups excluding carboxylic acids is 1. The predicted molar refractivity (Wildman–Crippen MR) is 79.2 cm³/mol. The number of carbonyl (C=O) groups is 1. The van der Waals surface area contributed by atoms with Gasteiger partial charge in [0.15, 0.2) is 0 Å². The number of rotatable bonds is 6. The quantitative estimate of drug-likeness (QED) is 0.772. The fraction of sp³-hybridized carbons (Fsp3) is 0.533. The minimum atomic E-state index is -0.459. The number of hydrogen-bond acceptors (Lipinski definition) is 3. The molecule has 0 aromatic heterocycles. The highest BCUT2D eigenvalue weighted by molar-refractivity contribution is 5.99. The van der Waals surface area contributed by atoms with Crippen LogP contribution in [0.3, 0.4) is 0 Å². The van der Waals surface area contributed by atoms with Gasteiger partial charge in [-0.25, -0.2) is 0 Å². The van der Waals surface area contributed by atoms with E-state index in [-0.39, 0.29) is 0 Å². The summed E-state index contributed by atoms with van der Waals surface area (Å²) < 4.78 is 0. The molecule has 1 aliphatic carbocycles. The second-order valence-corrected chi connectivity index (χ2v) is 5.74. The third-order valence-corrected chi connectivity index (χ3v) is 3.57. The van der Waals surface area contributed by atoms with Crippen LogP contribution in [-0.2, 0) is 0 Å². The van der Waals surface area contributed by atoms with Gasteiger partial charge in [0.25, 0.3) is 5.91 Å². The Bertz CT molecular complexity index is 466. The standard InChI is InChI=1S/C15H23N3O/c1-10(2)7-8-18(11-3-4-11)12-5-6-14(16)13(9-12)15(17)19/h5-6,9-11H,3-4,7-8,16H2,1-2H3,(H2,17,19). The fourth-order valence-corrected chi connectivity index (χ4v) is 2.24. The molecule has 1 saturated carbocycles. The van der Waals surface area contributed by atoms with Crippen molar-refractivity contribution in [2.75, 3.05) is 17.2 Å². The monoisotopic (exact) mass is 261 g/mol. The zero-order valence-electron chi connectivity index (χ0n) is 11.7. The number of benzene rings is 1. The van der Waals surface area contributed by atoms with Crippen LogP contribution >= 0.6 is 0 Å². The molecule has 1 fully saturated rings. The van der Waals surface area contributed by atoms with Gasteiger partial charge in [0.05, 0.1) is 5.56 Å². The van der Waals surface area contributed by atoms with Gasteiger partial charge in [-0.3, -0.25) is 4.79 Å². The highest BCUT2D eigenvalue weighted by Crippen LogP contribution is 2.33. The molecule has 4 N–H and O–H groups in total. The lowest BCUT2D eigenvalue weighted by molar-refractivity contribution is 0.100. The molecule has 1 aromatic rings. The van der Waals surface area contributed by atoms with E-state index in [1.165, 1.54) is 12.8 Å². The Hall–Kier alpha value is -1.71. The van der Waals surface area contributed by atoms with Crippen LogP contribution < -0.4 is 16.4 Å². The van der Waals surface area contributed by atoms with Crippen molar-refractivity contribution in [3.8, 4) is 0 Å². The van der Waals surface area contributed by atoms with Crippen LogP contribution in [0.15, 0.2) is 18.2 Å². The molecule has 19 heavy (non-hydrogen) atoms. The Kier molecular flexibility index (Phi) is 3.98. The highest BCUT2D eigenvalue weighted by atomic mass is 16.1. The van der Waals surface area contributed by atoms with Crippen molar-refractivity contribution in [1.82, 2.24) is 0 Å². The van der Waals surface area contributed by atoms with Gasteiger partial charge < -0.3 is 16.4 Å². The van der Waals surface area contributed by atoms with Gasteiger partial charge in [0.1, 0.15) is 0 Å². The Morgan fingerprint density at radius 3 is 2.63 bits per heavy atom. The van der Waals surface area contributed by atoms with Crippen LogP contribution in [0.2, 0.25) is 0 Å². The van der Waals surface area contributed by atoms with E-state index in [0.29, 0.717) is 23.2 Å². The molecule has 1 aliphatic rings. The van der Waals surface area contributed by atoms with E-state index in [1.807, 2.05) is 12.1 Å². The average molecular weight is 261 g/mol. The van der Waals surface area contributed by atoms with Crippen molar-refractivity contribution in [1.29, 1.82) is 0 Å². The lowest BCUT2D eigenvalue weighted by Crippen LogP contribution is -2.28. The molecule has 4 nitrogen and oxygen atoms in total. The van der Waals surface area contributed by atoms with Crippen LogP contribution in [0, 0.1) is 5.92 Å².